The van der Waals surface area contributed by atoms with Crippen LogP contribution in [0, 0.1) is 6.92 Å². The molecule has 4 aromatic rings. The van der Waals surface area contributed by atoms with Gasteiger partial charge in [-0.2, -0.15) is 4.52 Å². The molecule has 5 rings (SSSR count). The zero-order valence-electron chi connectivity index (χ0n) is 15.6. The zero-order valence-corrected chi connectivity index (χ0v) is 16.4. The molecule has 0 amide bonds. The quantitative estimate of drug-likeness (QED) is 0.582. The predicted octanol–water partition coefficient (Wildman–Crippen LogP) is 3.38. The third-order valence-electron chi connectivity index (χ3n) is 4.88. The third-order valence-corrected chi connectivity index (χ3v) is 5.97. The topological polar surface area (TPSA) is 77.5 Å². The van der Waals surface area contributed by atoms with Gasteiger partial charge in [0, 0.05) is 11.3 Å². The lowest BCUT2D eigenvalue weighted by Gasteiger charge is -2.30. The second-order valence-electron chi connectivity index (χ2n) is 7.51. The second kappa shape index (κ2) is 6.12. The highest BCUT2D eigenvalue weighted by atomic mass is 32.1. The Morgan fingerprint density at radius 2 is 2.19 bits per heavy atom. The molecule has 0 aromatic carbocycles. The maximum atomic E-state index is 5.98. The van der Waals surface area contributed by atoms with Crippen molar-refractivity contribution in [3.63, 3.8) is 0 Å². The summed E-state index contributed by atoms with van der Waals surface area (Å²) in [5.74, 6) is 2.50. The molecule has 0 saturated heterocycles. The van der Waals surface area contributed by atoms with Crippen molar-refractivity contribution in [2.45, 2.75) is 52.5 Å². The summed E-state index contributed by atoms with van der Waals surface area (Å²) < 4.78 is 13.2. The maximum Gasteiger partial charge on any atom is 0.168 e. The predicted molar refractivity (Wildman–Crippen MR) is 103 cm³/mol. The molecule has 4 aromatic heterocycles. The molecule has 0 spiro atoms. The summed E-state index contributed by atoms with van der Waals surface area (Å²) in [6, 6.07) is 3.83. The first-order chi connectivity index (χ1) is 13.0. The van der Waals surface area contributed by atoms with Crippen LogP contribution in [0.25, 0.3) is 15.9 Å². The van der Waals surface area contributed by atoms with E-state index in [1.165, 1.54) is 10.4 Å². The molecular formula is C19H21N5O2S. The molecule has 0 atom stereocenters. The number of hydrogen-bond donors (Lipinski definition) is 1. The van der Waals surface area contributed by atoms with E-state index in [2.05, 4.69) is 24.3 Å². The van der Waals surface area contributed by atoms with Gasteiger partial charge in [0.15, 0.2) is 11.5 Å². The number of nitrogens with one attached hydrogen (secondary N) is 1. The van der Waals surface area contributed by atoms with Crippen molar-refractivity contribution in [1.29, 1.82) is 0 Å². The molecule has 1 aliphatic rings. The Bertz CT molecular complexity index is 1130. The van der Waals surface area contributed by atoms with Crippen LogP contribution < -0.4 is 5.32 Å². The van der Waals surface area contributed by atoms with E-state index in [1.54, 1.807) is 17.6 Å². The summed E-state index contributed by atoms with van der Waals surface area (Å²) in [7, 11) is 0. The van der Waals surface area contributed by atoms with Gasteiger partial charge in [0.25, 0.3) is 0 Å². The highest BCUT2D eigenvalue weighted by Gasteiger charge is 2.31. The summed E-state index contributed by atoms with van der Waals surface area (Å²) in [4.78, 5) is 11.9. The summed E-state index contributed by atoms with van der Waals surface area (Å²) >= 11 is 1.71. The number of aryl methyl sites for hydroxylation is 1. The lowest BCUT2D eigenvalue weighted by Crippen LogP contribution is -2.31. The standard InChI is InChI=1S/C19H21N5O2S/c1-11-21-18-16(13-7-19(2,3)26-10-14(13)27-18)17-22-15(23-24(11)17)9-20-8-12-5-4-6-25-12/h4-6,20H,7-10H2,1-3H3. The SMILES string of the molecule is Cc1nc2sc3c(c2c2nc(CNCc4ccco4)nn12)CC(C)(C)OC3. The van der Waals surface area contributed by atoms with Crippen molar-refractivity contribution in [3.8, 4) is 0 Å². The van der Waals surface area contributed by atoms with Crippen LogP contribution in [0.3, 0.4) is 0 Å². The largest absolute Gasteiger partial charge is 0.468 e. The molecule has 0 radical (unpaired) electrons. The smallest absolute Gasteiger partial charge is 0.168 e. The van der Waals surface area contributed by atoms with E-state index >= 15 is 0 Å². The van der Waals surface area contributed by atoms with Crippen LogP contribution in [0.1, 0.15) is 41.7 Å². The molecule has 27 heavy (non-hydrogen) atoms. The summed E-state index contributed by atoms with van der Waals surface area (Å²) in [6.45, 7) is 8.09. The normalized spacial score (nSPS) is 16.3. The molecule has 8 heteroatoms. The first kappa shape index (κ1) is 16.9. The van der Waals surface area contributed by atoms with Crippen LogP contribution >= 0.6 is 11.3 Å². The van der Waals surface area contributed by atoms with Crippen LogP contribution in [0.15, 0.2) is 22.8 Å². The van der Waals surface area contributed by atoms with E-state index in [1.807, 2.05) is 23.6 Å². The van der Waals surface area contributed by atoms with Gasteiger partial charge in [-0.05, 0) is 38.5 Å². The van der Waals surface area contributed by atoms with Gasteiger partial charge in [-0.15, -0.1) is 16.4 Å². The van der Waals surface area contributed by atoms with E-state index < -0.39 is 0 Å². The minimum absolute atomic E-state index is 0.170. The van der Waals surface area contributed by atoms with Crippen molar-refractivity contribution in [2.75, 3.05) is 0 Å². The average molecular weight is 383 g/mol. The molecule has 7 nitrogen and oxygen atoms in total. The molecule has 0 saturated carbocycles. The minimum atomic E-state index is -0.170. The lowest BCUT2D eigenvalue weighted by atomic mass is 9.94. The van der Waals surface area contributed by atoms with Gasteiger partial charge >= 0.3 is 0 Å². The number of nitrogens with zero attached hydrogens (tertiary/aromatic N) is 4. The number of furan rings is 1. The Kier molecular flexibility index (Phi) is 3.82. The van der Waals surface area contributed by atoms with Crippen LogP contribution in [-0.4, -0.2) is 25.2 Å². The van der Waals surface area contributed by atoms with Crippen LogP contribution in [-0.2, 0) is 30.9 Å². The van der Waals surface area contributed by atoms with Gasteiger partial charge in [-0.1, -0.05) is 0 Å². The molecule has 0 fully saturated rings. The van der Waals surface area contributed by atoms with Crippen LogP contribution in [0.2, 0.25) is 0 Å². The fourth-order valence-electron chi connectivity index (χ4n) is 3.57. The van der Waals surface area contributed by atoms with Gasteiger partial charge in [0.05, 0.1) is 36.9 Å². The molecular weight excluding hydrogens is 362 g/mol. The summed E-state index contributed by atoms with van der Waals surface area (Å²) in [5.41, 5.74) is 2.03. The fourth-order valence-corrected chi connectivity index (χ4v) is 4.71. The van der Waals surface area contributed by atoms with Crippen molar-refractivity contribution in [3.05, 3.63) is 46.2 Å². The number of thiophene rings is 1. The molecule has 0 bridgehead atoms. The Labute approximate surface area is 160 Å². The Hall–Kier alpha value is -2.29. The lowest BCUT2D eigenvalue weighted by molar-refractivity contribution is -0.0379. The Balaban J connectivity index is 1.54. The van der Waals surface area contributed by atoms with Crippen molar-refractivity contribution in [1.82, 2.24) is 24.9 Å². The molecule has 0 aliphatic carbocycles. The number of rotatable bonds is 4. The van der Waals surface area contributed by atoms with Crippen molar-refractivity contribution >= 4 is 27.2 Å². The fraction of sp³-hybridized carbons (Fsp3) is 0.421. The maximum absolute atomic E-state index is 5.98. The van der Waals surface area contributed by atoms with E-state index in [-0.39, 0.29) is 5.60 Å². The van der Waals surface area contributed by atoms with E-state index in [0.29, 0.717) is 19.7 Å². The Morgan fingerprint density at radius 1 is 1.30 bits per heavy atom. The van der Waals surface area contributed by atoms with Crippen LogP contribution in [0.4, 0.5) is 0 Å². The van der Waals surface area contributed by atoms with Gasteiger partial charge in [-0.25, -0.2) is 9.97 Å². The highest BCUT2D eigenvalue weighted by molar-refractivity contribution is 7.19. The summed E-state index contributed by atoms with van der Waals surface area (Å²) in [6.07, 6.45) is 2.54. The third kappa shape index (κ3) is 2.93. The van der Waals surface area contributed by atoms with E-state index in [0.717, 1.165) is 39.7 Å². The van der Waals surface area contributed by atoms with Crippen molar-refractivity contribution in [2.24, 2.45) is 0 Å². The molecule has 5 heterocycles. The molecule has 1 N–H and O–H groups in total. The van der Waals surface area contributed by atoms with Crippen molar-refractivity contribution < 1.29 is 9.15 Å². The van der Waals surface area contributed by atoms with Gasteiger partial charge < -0.3 is 14.5 Å². The Morgan fingerprint density at radius 3 is 3.00 bits per heavy atom. The molecule has 1 aliphatic heterocycles. The number of aromatic nitrogens is 4. The van der Waals surface area contributed by atoms with E-state index in [9.17, 15) is 0 Å². The summed E-state index contributed by atoms with van der Waals surface area (Å²) in [5, 5.41) is 9.13. The zero-order chi connectivity index (χ0) is 18.6. The monoisotopic (exact) mass is 383 g/mol. The number of fused-ring (bicyclic) bond motifs is 5. The first-order valence-corrected chi connectivity index (χ1v) is 9.85. The minimum Gasteiger partial charge on any atom is -0.468 e. The first-order valence-electron chi connectivity index (χ1n) is 9.04. The molecule has 140 valence electrons. The molecule has 0 unspecified atom stereocenters. The highest BCUT2D eigenvalue weighted by Crippen LogP contribution is 2.39. The number of ether oxygens (including phenoxy) is 1. The van der Waals surface area contributed by atoms with Gasteiger partial charge in [-0.3, -0.25) is 0 Å². The average Bonchev–Trinajstić information content (AvgIpc) is 3.32. The van der Waals surface area contributed by atoms with E-state index in [4.69, 9.17) is 19.1 Å². The van der Waals surface area contributed by atoms with Crippen LogP contribution in [0.5, 0.6) is 0 Å². The van der Waals surface area contributed by atoms with Gasteiger partial charge in [0.2, 0.25) is 0 Å². The second-order valence-corrected chi connectivity index (χ2v) is 8.60. The van der Waals surface area contributed by atoms with Gasteiger partial charge in [0.1, 0.15) is 16.4 Å². The number of hydrogen-bond acceptors (Lipinski definition) is 7.